The lowest BCUT2D eigenvalue weighted by atomic mass is 9.90. The predicted octanol–water partition coefficient (Wildman–Crippen LogP) is 4.89. The Labute approximate surface area is 170 Å². The average molecular weight is 382 g/mol. The third-order valence-electron chi connectivity index (χ3n) is 6.04. The number of hydrogen-bond donors (Lipinski definition) is 1. The van der Waals surface area contributed by atoms with E-state index >= 15 is 0 Å². The van der Waals surface area contributed by atoms with E-state index in [1.165, 1.54) is 30.4 Å². The van der Waals surface area contributed by atoms with Crippen LogP contribution in [-0.4, -0.2) is 42.4 Å². The van der Waals surface area contributed by atoms with Crippen LogP contribution in [0.25, 0.3) is 0 Å². The summed E-state index contributed by atoms with van der Waals surface area (Å²) in [4.78, 5) is 2.39. The molecule has 1 fully saturated rings. The molecule has 1 aliphatic rings. The van der Waals surface area contributed by atoms with Crippen LogP contribution in [0.15, 0.2) is 54.6 Å². The molecule has 1 N–H and O–H groups in total. The van der Waals surface area contributed by atoms with E-state index in [4.69, 9.17) is 4.74 Å². The van der Waals surface area contributed by atoms with Crippen LogP contribution in [0.1, 0.15) is 50.2 Å². The maximum atomic E-state index is 10.5. The van der Waals surface area contributed by atoms with E-state index in [1.54, 1.807) is 0 Å². The first-order chi connectivity index (χ1) is 13.7. The van der Waals surface area contributed by atoms with Crippen LogP contribution in [0.5, 0.6) is 5.75 Å². The number of likely N-dealkylation sites (tertiary alicyclic amines) is 1. The third kappa shape index (κ3) is 6.08. The van der Waals surface area contributed by atoms with Crippen molar-refractivity contribution < 1.29 is 9.84 Å². The molecule has 2 aromatic rings. The fourth-order valence-corrected chi connectivity index (χ4v) is 4.10. The maximum Gasteiger partial charge on any atom is 0.122 e. The molecule has 0 radical (unpaired) electrons. The Morgan fingerprint density at radius 1 is 1.04 bits per heavy atom. The van der Waals surface area contributed by atoms with Crippen LogP contribution < -0.4 is 4.74 Å². The predicted molar refractivity (Wildman–Crippen MR) is 116 cm³/mol. The van der Waals surface area contributed by atoms with Gasteiger partial charge in [-0.15, -0.1) is 0 Å². The second-order valence-corrected chi connectivity index (χ2v) is 8.25. The van der Waals surface area contributed by atoms with Gasteiger partial charge < -0.3 is 14.7 Å². The van der Waals surface area contributed by atoms with Gasteiger partial charge in [-0.2, -0.15) is 0 Å². The van der Waals surface area contributed by atoms with E-state index in [-0.39, 0.29) is 0 Å². The van der Waals surface area contributed by atoms with Crippen molar-refractivity contribution in [2.45, 2.75) is 51.6 Å². The van der Waals surface area contributed by atoms with E-state index < -0.39 is 6.10 Å². The van der Waals surface area contributed by atoms with E-state index in [1.807, 2.05) is 12.1 Å². The summed E-state index contributed by atoms with van der Waals surface area (Å²) in [7, 11) is 0. The highest BCUT2D eigenvalue weighted by Gasteiger charge is 2.21. The average Bonchev–Trinajstić information content (AvgIpc) is 2.74. The smallest absolute Gasteiger partial charge is 0.122 e. The first kappa shape index (κ1) is 20.9. The van der Waals surface area contributed by atoms with Gasteiger partial charge in [0.25, 0.3) is 0 Å². The Morgan fingerprint density at radius 3 is 2.43 bits per heavy atom. The molecule has 152 valence electrons. The van der Waals surface area contributed by atoms with Gasteiger partial charge in [-0.1, -0.05) is 62.4 Å². The minimum atomic E-state index is -0.448. The number of piperidine rings is 1. The first-order valence-electron chi connectivity index (χ1n) is 10.8. The van der Waals surface area contributed by atoms with Crippen molar-refractivity contribution in [1.82, 2.24) is 4.90 Å². The van der Waals surface area contributed by atoms with Crippen molar-refractivity contribution in [2.24, 2.45) is 5.92 Å². The van der Waals surface area contributed by atoms with E-state index in [2.05, 4.69) is 61.2 Å². The number of rotatable bonds is 9. The number of aliphatic hydroxyl groups excluding tert-OH is 1. The highest BCUT2D eigenvalue weighted by molar-refractivity contribution is 5.35. The zero-order valence-electron chi connectivity index (χ0n) is 17.4. The van der Waals surface area contributed by atoms with Gasteiger partial charge in [-0.25, -0.2) is 0 Å². The maximum absolute atomic E-state index is 10.5. The summed E-state index contributed by atoms with van der Waals surface area (Å²) in [5.74, 6) is 2.14. The molecule has 3 heteroatoms. The van der Waals surface area contributed by atoms with Crippen LogP contribution in [0.3, 0.4) is 0 Å². The molecule has 2 atom stereocenters. The molecule has 1 aliphatic heterocycles. The second-order valence-electron chi connectivity index (χ2n) is 8.25. The zero-order valence-corrected chi connectivity index (χ0v) is 17.4. The summed E-state index contributed by atoms with van der Waals surface area (Å²) in [5.41, 5.74) is 2.67. The first-order valence-corrected chi connectivity index (χ1v) is 10.8. The molecular weight excluding hydrogens is 346 g/mol. The number of para-hydroxylation sites is 1. The molecule has 3 rings (SSSR count). The van der Waals surface area contributed by atoms with Crippen molar-refractivity contribution in [1.29, 1.82) is 0 Å². The summed E-state index contributed by atoms with van der Waals surface area (Å²) in [6.07, 6.45) is 4.22. The SMILES string of the molecule is CCC(C)c1ccccc1OCC(O)CN1CCC(Cc2ccccc2)CC1. The van der Waals surface area contributed by atoms with Crippen LogP contribution in [0, 0.1) is 5.92 Å². The van der Waals surface area contributed by atoms with Gasteiger partial charge in [0.2, 0.25) is 0 Å². The van der Waals surface area contributed by atoms with Gasteiger partial charge in [-0.05, 0) is 67.8 Å². The fourth-order valence-electron chi connectivity index (χ4n) is 4.10. The lowest BCUT2D eigenvalue weighted by Crippen LogP contribution is -2.41. The Kier molecular flexibility index (Phi) is 7.93. The van der Waals surface area contributed by atoms with E-state index in [0.717, 1.165) is 31.2 Å². The number of β-amino-alcohol motifs (C(OH)–C–C–N with tert-alkyl or cyclic N) is 1. The molecule has 0 saturated carbocycles. The van der Waals surface area contributed by atoms with Crippen LogP contribution in [0.4, 0.5) is 0 Å². The van der Waals surface area contributed by atoms with Gasteiger partial charge >= 0.3 is 0 Å². The molecule has 1 saturated heterocycles. The third-order valence-corrected chi connectivity index (χ3v) is 6.04. The summed E-state index contributed by atoms with van der Waals surface area (Å²) in [6, 6.07) is 19.0. The molecule has 1 heterocycles. The van der Waals surface area contributed by atoms with Gasteiger partial charge in [0.05, 0.1) is 0 Å². The number of nitrogens with zero attached hydrogens (tertiary/aromatic N) is 1. The standard InChI is InChI=1S/C25H35NO2/c1-3-20(2)24-11-7-8-12-25(24)28-19-23(27)18-26-15-13-22(14-16-26)17-21-9-5-4-6-10-21/h4-12,20,22-23,27H,3,13-19H2,1-2H3. The minimum absolute atomic E-state index is 0.359. The van der Waals surface area contributed by atoms with Gasteiger partial charge in [0.15, 0.2) is 0 Å². The monoisotopic (exact) mass is 381 g/mol. The van der Waals surface area contributed by atoms with E-state index in [9.17, 15) is 5.11 Å². The molecule has 0 amide bonds. The molecule has 3 nitrogen and oxygen atoms in total. The molecule has 0 spiro atoms. The van der Waals surface area contributed by atoms with Crippen molar-refractivity contribution in [2.75, 3.05) is 26.2 Å². The Morgan fingerprint density at radius 2 is 1.71 bits per heavy atom. The van der Waals surface area contributed by atoms with Crippen molar-refractivity contribution in [3.63, 3.8) is 0 Å². The van der Waals surface area contributed by atoms with E-state index in [0.29, 0.717) is 19.1 Å². The molecule has 0 bridgehead atoms. The minimum Gasteiger partial charge on any atom is -0.491 e. The highest BCUT2D eigenvalue weighted by Crippen LogP contribution is 2.28. The number of ether oxygens (including phenoxy) is 1. The summed E-state index contributed by atoms with van der Waals surface area (Å²) >= 11 is 0. The second kappa shape index (κ2) is 10.6. The Balaban J connectivity index is 1.41. The van der Waals surface area contributed by atoms with Gasteiger partial charge in [-0.3, -0.25) is 0 Å². The van der Waals surface area contributed by atoms with Crippen molar-refractivity contribution >= 4 is 0 Å². The van der Waals surface area contributed by atoms with Gasteiger partial charge in [0.1, 0.15) is 18.5 Å². The zero-order chi connectivity index (χ0) is 19.8. The van der Waals surface area contributed by atoms with Crippen LogP contribution in [0.2, 0.25) is 0 Å². The van der Waals surface area contributed by atoms with Crippen molar-refractivity contribution in [3.8, 4) is 5.75 Å². The summed E-state index contributed by atoms with van der Waals surface area (Å²) in [5, 5.41) is 10.5. The molecule has 0 aliphatic carbocycles. The Bertz CT molecular complexity index is 695. The molecule has 0 aromatic heterocycles. The number of hydrogen-bond acceptors (Lipinski definition) is 3. The summed E-state index contributed by atoms with van der Waals surface area (Å²) < 4.78 is 5.99. The lowest BCUT2D eigenvalue weighted by Gasteiger charge is -2.33. The van der Waals surface area contributed by atoms with Gasteiger partial charge in [0, 0.05) is 6.54 Å². The number of benzene rings is 2. The summed E-state index contributed by atoms with van der Waals surface area (Å²) in [6.45, 7) is 7.60. The molecule has 2 unspecified atom stereocenters. The normalized spacial score (nSPS) is 18.0. The topological polar surface area (TPSA) is 32.7 Å². The molecule has 2 aromatic carbocycles. The van der Waals surface area contributed by atoms with Crippen molar-refractivity contribution in [3.05, 3.63) is 65.7 Å². The lowest BCUT2D eigenvalue weighted by molar-refractivity contribution is 0.0547. The highest BCUT2D eigenvalue weighted by atomic mass is 16.5. The Hall–Kier alpha value is -1.84. The van der Waals surface area contributed by atoms with Crippen LogP contribution >= 0.6 is 0 Å². The molecule has 28 heavy (non-hydrogen) atoms. The largest absolute Gasteiger partial charge is 0.491 e. The van der Waals surface area contributed by atoms with Crippen LogP contribution in [-0.2, 0) is 6.42 Å². The fraction of sp³-hybridized carbons (Fsp3) is 0.520. The molecular formula is C25H35NO2. The number of aliphatic hydroxyl groups is 1. The quantitative estimate of drug-likeness (QED) is 0.671.